The van der Waals surface area contributed by atoms with Crippen LogP contribution in [0.4, 0.5) is 0 Å². The Morgan fingerprint density at radius 3 is 2.95 bits per heavy atom. The van der Waals surface area contributed by atoms with E-state index in [1.54, 1.807) is 0 Å². The Morgan fingerprint density at radius 2 is 2.19 bits per heavy atom. The van der Waals surface area contributed by atoms with Crippen LogP contribution in [-0.2, 0) is 11.3 Å². The van der Waals surface area contributed by atoms with E-state index in [0.29, 0.717) is 17.5 Å². The molecular weight excluding hydrogens is 280 g/mol. The monoisotopic (exact) mass is 304 g/mol. The summed E-state index contributed by atoms with van der Waals surface area (Å²) >= 11 is 2.15. The van der Waals surface area contributed by atoms with E-state index >= 15 is 0 Å². The van der Waals surface area contributed by atoms with Gasteiger partial charge in [0.2, 0.25) is 0 Å². The second kappa shape index (κ2) is 5.90. The molecule has 1 aliphatic carbocycles. The molecule has 1 atom stereocenters. The van der Waals surface area contributed by atoms with E-state index in [1.807, 2.05) is 18.5 Å². The molecule has 21 heavy (non-hydrogen) atoms. The molecule has 1 spiro atoms. The Kier molecular flexibility index (Phi) is 3.94. The lowest BCUT2D eigenvalue weighted by molar-refractivity contribution is 0.0167. The van der Waals surface area contributed by atoms with Crippen LogP contribution >= 0.6 is 11.8 Å². The second-order valence-corrected chi connectivity index (χ2v) is 8.32. The standard InChI is InChI=1S/C17H24N2OS/c1-2-6-15(5-1)19-12-17(13-19)8-16(11-21-17)20-10-14-4-3-7-18-9-14/h3-4,7,9,15-16H,1-2,5-6,8,10-13H2. The fourth-order valence-electron chi connectivity index (χ4n) is 4.05. The largest absolute Gasteiger partial charge is 0.373 e. The van der Waals surface area contributed by atoms with Gasteiger partial charge in [-0.15, -0.1) is 11.8 Å². The topological polar surface area (TPSA) is 25.4 Å². The first-order chi connectivity index (χ1) is 10.3. The average molecular weight is 304 g/mol. The van der Waals surface area contributed by atoms with Crippen LogP contribution in [0.25, 0.3) is 0 Å². The number of pyridine rings is 1. The van der Waals surface area contributed by atoms with Crippen LogP contribution in [0.2, 0.25) is 0 Å². The Balaban J connectivity index is 1.24. The van der Waals surface area contributed by atoms with Gasteiger partial charge in [-0.25, -0.2) is 0 Å². The Bertz CT molecular complexity index is 469. The second-order valence-electron chi connectivity index (χ2n) is 6.84. The van der Waals surface area contributed by atoms with Gasteiger partial charge in [0.25, 0.3) is 0 Å². The number of ether oxygens (including phenoxy) is 1. The third kappa shape index (κ3) is 2.99. The molecule has 1 saturated carbocycles. The number of hydrogen-bond donors (Lipinski definition) is 0. The van der Waals surface area contributed by atoms with Crippen LogP contribution in [0.3, 0.4) is 0 Å². The van der Waals surface area contributed by atoms with Gasteiger partial charge >= 0.3 is 0 Å². The lowest BCUT2D eigenvalue weighted by atomic mass is 9.91. The molecule has 0 aromatic carbocycles. The molecule has 3 nitrogen and oxygen atoms in total. The minimum Gasteiger partial charge on any atom is -0.373 e. The fraction of sp³-hybridized carbons (Fsp3) is 0.706. The highest BCUT2D eigenvalue weighted by Gasteiger charge is 2.51. The Hall–Kier alpha value is -0.580. The average Bonchev–Trinajstić information content (AvgIpc) is 3.14. The van der Waals surface area contributed by atoms with Crippen molar-refractivity contribution in [3.05, 3.63) is 30.1 Å². The fourth-order valence-corrected chi connectivity index (χ4v) is 5.62. The van der Waals surface area contributed by atoms with Crippen LogP contribution in [-0.4, -0.2) is 45.6 Å². The van der Waals surface area contributed by atoms with Crippen molar-refractivity contribution in [2.45, 2.75) is 55.6 Å². The molecule has 0 bridgehead atoms. The van der Waals surface area contributed by atoms with E-state index in [1.165, 1.54) is 56.5 Å². The lowest BCUT2D eigenvalue weighted by Gasteiger charge is -2.50. The quantitative estimate of drug-likeness (QED) is 0.853. The lowest BCUT2D eigenvalue weighted by Crippen LogP contribution is -2.61. The molecule has 4 heteroatoms. The van der Waals surface area contributed by atoms with E-state index < -0.39 is 0 Å². The van der Waals surface area contributed by atoms with Crippen molar-refractivity contribution in [1.29, 1.82) is 0 Å². The van der Waals surface area contributed by atoms with E-state index in [4.69, 9.17) is 4.74 Å². The summed E-state index contributed by atoms with van der Waals surface area (Å²) in [5.74, 6) is 1.17. The minimum atomic E-state index is 0.431. The highest BCUT2D eigenvalue weighted by atomic mass is 32.2. The first-order valence-electron chi connectivity index (χ1n) is 8.22. The normalized spacial score (nSPS) is 29.0. The summed E-state index contributed by atoms with van der Waals surface area (Å²) in [7, 11) is 0. The number of aromatic nitrogens is 1. The molecule has 2 saturated heterocycles. The molecular formula is C17H24N2OS. The van der Waals surface area contributed by atoms with Gasteiger partial charge in [0.1, 0.15) is 0 Å². The van der Waals surface area contributed by atoms with Gasteiger partial charge in [0, 0.05) is 42.0 Å². The highest BCUT2D eigenvalue weighted by molar-refractivity contribution is 8.01. The first-order valence-corrected chi connectivity index (χ1v) is 9.20. The predicted molar refractivity (Wildman–Crippen MR) is 86.4 cm³/mol. The van der Waals surface area contributed by atoms with Crippen molar-refractivity contribution in [2.24, 2.45) is 0 Å². The van der Waals surface area contributed by atoms with Crippen molar-refractivity contribution in [3.63, 3.8) is 0 Å². The van der Waals surface area contributed by atoms with Crippen molar-refractivity contribution in [1.82, 2.24) is 9.88 Å². The van der Waals surface area contributed by atoms with Crippen molar-refractivity contribution >= 4 is 11.8 Å². The Labute approximate surface area is 131 Å². The maximum Gasteiger partial charge on any atom is 0.0736 e. The molecule has 0 amide bonds. The van der Waals surface area contributed by atoms with Crippen molar-refractivity contribution < 1.29 is 4.74 Å². The molecule has 114 valence electrons. The third-order valence-corrected chi connectivity index (χ3v) is 6.78. The van der Waals surface area contributed by atoms with E-state index in [2.05, 4.69) is 27.7 Å². The molecule has 4 rings (SSSR count). The zero-order valence-corrected chi connectivity index (χ0v) is 13.4. The minimum absolute atomic E-state index is 0.431. The molecule has 3 heterocycles. The molecule has 0 radical (unpaired) electrons. The maximum absolute atomic E-state index is 6.10. The summed E-state index contributed by atoms with van der Waals surface area (Å²) in [4.78, 5) is 6.87. The predicted octanol–water partition coefficient (Wildman–Crippen LogP) is 3.10. The molecule has 3 fully saturated rings. The smallest absolute Gasteiger partial charge is 0.0736 e. The van der Waals surface area contributed by atoms with Crippen LogP contribution in [0.1, 0.15) is 37.7 Å². The van der Waals surface area contributed by atoms with Gasteiger partial charge in [0.15, 0.2) is 0 Å². The van der Waals surface area contributed by atoms with Gasteiger partial charge in [-0.3, -0.25) is 9.88 Å². The summed E-state index contributed by atoms with van der Waals surface area (Å²) in [5.41, 5.74) is 1.18. The SMILES string of the molecule is c1cncc(COC2CSC3(C2)CN(C2CCCC2)C3)c1. The number of hydrogen-bond acceptors (Lipinski definition) is 4. The van der Waals surface area contributed by atoms with Crippen molar-refractivity contribution in [3.8, 4) is 0 Å². The summed E-state index contributed by atoms with van der Waals surface area (Å²) in [6.45, 7) is 3.31. The summed E-state index contributed by atoms with van der Waals surface area (Å²) in [6.07, 6.45) is 11.1. The summed E-state index contributed by atoms with van der Waals surface area (Å²) in [5, 5.41) is 0. The zero-order valence-electron chi connectivity index (χ0n) is 12.5. The van der Waals surface area contributed by atoms with Gasteiger partial charge in [-0.05, 0) is 30.9 Å². The summed E-state index contributed by atoms with van der Waals surface area (Å²) in [6, 6.07) is 4.97. The van der Waals surface area contributed by atoms with Gasteiger partial charge in [-0.1, -0.05) is 18.9 Å². The van der Waals surface area contributed by atoms with E-state index in [9.17, 15) is 0 Å². The highest BCUT2D eigenvalue weighted by Crippen LogP contribution is 2.48. The molecule has 3 aliphatic rings. The maximum atomic E-state index is 6.10. The number of thioether (sulfide) groups is 1. The molecule has 0 N–H and O–H groups in total. The summed E-state index contributed by atoms with van der Waals surface area (Å²) < 4.78 is 6.62. The number of likely N-dealkylation sites (tertiary alicyclic amines) is 1. The molecule has 1 unspecified atom stereocenters. The van der Waals surface area contributed by atoms with Crippen LogP contribution in [0, 0.1) is 0 Å². The molecule has 1 aromatic rings. The zero-order chi connectivity index (χ0) is 14.1. The van der Waals surface area contributed by atoms with E-state index in [0.717, 1.165) is 6.04 Å². The van der Waals surface area contributed by atoms with Crippen LogP contribution < -0.4 is 0 Å². The van der Waals surface area contributed by atoms with Crippen LogP contribution in [0.15, 0.2) is 24.5 Å². The van der Waals surface area contributed by atoms with Gasteiger partial charge in [-0.2, -0.15) is 0 Å². The van der Waals surface area contributed by atoms with Crippen molar-refractivity contribution in [2.75, 3.05) is 18.8 Å². The molecule has 2 aliphatic heterocycles. The number of nitrogens with zero attached hydrogens (tertiary/aromatic N) is 2. The van der Waals surface area contributed by atoms with Gasteiger partial charge < -0.3 is 4.74 Å². The third-order valence-electron chi connectivity index (χ3n) is 5.21. The van der Waals surface area contributed by atoms with Crippen LogP contribution in [0.5, 0.6) is 0 Å². The first kappa shape index (κ1) is 14.0. The number of rotatable bonds is 4. The van der Waals surface area contributed by atoms with Gasteiger partial charge in [0.05, 0.1) is 12.7 Å². The molecule has 1 aromatic heterocycles. The Morgan fingerprint density at radius 1 is 1.33 bits per heavy atom. The van der Waals surface area contributed by atoms with E-state index in [-0.39, 0.29) is 0 Å².